The smallest absolute Gasteiger partial charge is 0.226 e. The van der Waals surface area contributed by atoms with Crippen molar-refractivity contribution in [2.45, 2.75) is 12.8 Å². The highest BCUT2D eigenvalue weighted by molar-refractivity contribution is 7.18. The minimum Gasteiger partial charge on any atom is -0.301 e. The molecular weight excluding hydrogens is 342 g/mol. The largest absolute Gasteiger partial charge is 0.301 e. The first kappa shape index (κ1) is 16.4. The lowest BCUT2D eigenvalue weighted by Crippen LogP contribution is -2.12. The number of aromatic nitrogens is 2. The van der Waals surface area contributed by atoms with Gasteiger partial charge in [-0.05, 0) is 22.8 Å². The normalized spacial score (nSPS) is 10.8. The van der Waals surface area contributed by atoms with E-state index in [2.05, 4.69) is 39.8 Å². The molecule has 4 nitrogen and oxygen atoms in total. The summed E-state index contributed by atoms with van der Waals surface area (Å²) in [6, 6.07) is 24.3. The van der Waals surface area contributed by atoms with Crippen molar-refractivity contribution in [1.82, 2.24) is 10.2 Å². The molecular formula is C21H17N3OS. The molecule has 4 aromatic rings. The maximum absolute atomic E-state index is 12.3. The predicted octanol–water partition coefficient (Wildman–Crippen LogP) is 4.93. The van der Waals surface area contributed by atoms with E-state index in [0.717, 1.165) is 10.6 Å². The van der Waals surface area contributed by atoms with Crippen molar-refractivity contribution >= 4 is 33.1 Å². The molecule has 0 fully saturated rings. The van der Waals surface area contributed by atoms with Crippen molar-refractivity contribution in [1.29, 1.82) is 0 Å². The number of fused-ring (bicyclic) bond motifs is 1. The van der Waals surface area contributed by atoms with Gasteiger partial charge in [-0.25, -0.2) is 0 Å². The van der Waals surface area contributed by atoms with E-state index >= 15 is 0 Å². The highest BCUT2D eigenvalue weighted by Gasteiger charge is 2.10. The maximum atomic E-state index is 12.3. The Hall–Kier alpha value is -3.05. The summed E-state index contributed by atoms with van der Waals surface area (Å²) in [4.78, 5) is 12.3. The predicted molar refractivity (Wildman–Crippen MR) is 106 cm³/mol. The Morgan fingerprint density at radius 3 is 2.54 bits per heavy atom. The summed E-state index contributed by atoms with van der Waals surface area (Å²) in [6.45, 7) is 0. The Morgan fingerprint density at radius 2 is 1.65 bits per heavy atom. The van der Waals surface area contributed by atoms with Gasteiger partial charge in [0.25, 0.3) is 0 Å². The van der Waals surface area contributed by atoms with Crippen LogP contribution < -0.4 is 5.32 Å². The van der Waals surface area contributed by atoms with E-state index in [4.69, 9.17) is 0 Å². The summed E-state index contributed by atoms with van der Waals surface area (Å²) >= 11 is 1.38. The second-order valence-electron chi connectivity index (χ2n) is 5.96. The Balaban J connectivity index is 1.41. The molecule has 1 heterocycles. The summed E-state index contributed by atoms with van der Waals surface area (Å²) in [6.07, 6.45) is 1.10. The Kier molecular flexibility index (Phi) is 4.71. The summed E-state index contributed by atoms with van der Waals surface area (Å²) < 4.78 is 0. The van der Waals surface area contributed by atoms with Gasteiger partial charge in [0.15, 0.2) is 0 Å². The van der Waals surface area contributed by atoms with Crippen molar-refractivity contribution in [2.75, 3.05) is 5.32 Å². The molecule has 0 atom stereocenters. The van der Waals surface area contributed by atoms with Crippen LogP contribution in [0.1, 0.15) is 12.0 Å². The minimum atomic E-state index is -0.0475. The number of aryl methyl sites for hydroxylation is 1. The van der Waals surface area contributed by atoms with E-state index in [1.54, 1.807) is 0 Å². The van der Waals surface area contributed by atoms with Crippen LogP contribution in [-0.2, 0) is 11.2 Å². The monoisotopic (exact) mass is 359 g/mol. The van der Waals surface area contributed by atoms with Crippen molar-refractivity contribution in [3.8, 4) is 10.6 Å². The van der Waals surface area contributed by atoms with Crippen molar-refractivity contribution in [3.63, 3.8) is 0 Å². The average Bonchev–Trinajstić information content (AvgIpc) is 3.15. The number of benzene rings is 3. The molecule has 0 unspecified atom stereocenters. The first-order valence-electron chi connectivity index (χ1n) is 8.45. The second kappa shape index (κ2) is 7.45. The van der Waals surface area contributed by atoms with Gasteiger partial charge in [-0.2, -0.15) is 0 Å². The molecule has 0 saturated carbocycles. The van der Waals surface area contributed by atoms with E-state index in [1.807, 2.05) is 48.5 Å². The second-order valence-corrected chi connectivity index (χ2v) is 6.94. The standard InChI is InChI=1S/C21H17N3OS/c25-19(14-13-16-11-6-10-15-7-4-5-12-18(15)16)22-21-24-23-20(26-21)17-8-2-1-3-9-17/h1-12H,13-14H2,(H,22,24,25). The molecule has 0 aliphatic heterocycles. The molecule has 1 aromatic heterocycles. The SMILES string of the molecule is O=C(CCc1cccc2ccccc12)Nc1nnc(-c2ccccc2)s1. The van der Waals surface area contributed by atoms with Crippen LogP contribution in [0.3, 0.4) is 0 Å². The zero-order valence-corrected chi connectivity index (χ0v) is 14.9. The molecule has 0 bridgehead atoms. The molecule has 4 rings (SSSR count). The van der Waals surface area contributed by atoms with Crippen LogP contribution in [0.15, 0.2) is 72.8 Å². The number of nitrogens with zero attached hydrogens (tertiary/aromatic N) is 2. The lowest BCUT2D eigenvalue weighted by atomic mass is 10.0. The number of carbonyl (C=O) groups is 1. The Morgan fingerprint density at radius 1 is 0.885 bits per heavy atom. The van der Waals surface area contributed by atoms with E-state index in [1.165, 1.54) is 27.7 Å². The summed E-state index contributed by atoms with van der Waals surface area (Å²) in [5, 5.41) is 14.8. The van der Waals surface area contributed by atoms with E-state index < -0.39 is 0 Å². The third-order valence-corrected chi connectivity index (χ3v) is 5.08. The molecule has 5 heteroatoms. The van der Waals surface area contributed by atoms with Crippen LogP contribution in [-0.4, -0.2) is 16.1 Å². The number of carbonyl (C=O) groups excluding carboxylic acids is 1. The third-order valence-electron chi connectivity index (χ3n) is 4.19. The van der Waals surface area contributed by atoms with Gasteiger partial charge >= 0.3 is 0 Å². The Bertz CT molecular complexity index is 1040. The van der Waals surface area contributed by atoms with Crippen molar-refractivity contribution in [3.05, 3.63) is 78.4 Å². The van der Waals surface area contributed by atoms with Crippen molar-refractivity contribution in [2.24, 2.45) is 0 Å². The molecule has 0 spiro atoms. The molecule has 0 saturated heterocycles. The molecule has 3 aromatic carbocycles. The highest BCUT2D eigenvalue weighted by atomic mass is 32.1. The van der Waals surface area contributed by atoms with Gasteiger partial charge in [-0.15, -0.1) is 10.2 Å². The van der Waals surface area contributed by atoms with Gasteiger partial charge in [0.05, 0.1) is 0 Å². The number of hydrogen-bond acceptors (Lipinski definition) is 4. The summed E-state index contributed by atoms with van der Waals surface area (Å²) in [7, 11) is 0. The zero-order valence-electron chi connectivity index (χ0n) is 14.1. The van der Waals surface area contributed by atoms with Crippen molar-refractivity contribution < 1.29 is 4.79 Å². The number of nitrogens with one attached hydrogen (secondary N) is 1. The first-order chi connectivity index (χ1) is 12.8. The molecule has 1 N–H and O–H groups in total. The van der Waals surface area contributed by atoms with Gasteiger partial charge in [-0.1, -0.05) is 84.1 Å². The van der Waals surface area contributed by atoms with Gasteiger partial charge in [-0.3, -0.25) is 4.79 Å². The lowest BCUT2D eigenvalue weighted by Gasteiger charge is -2.06. The lowest BCUT2D eigenvalue weighted by molar-refractivity contribution is -0.116. The molecule has 0 aliphatic rings. The highest BCUT2D eigenvalue weighted by Crippen LogP contribution is 2.26. The fourth-order valence-electron chi connectivity index (χ4n) is 2.91. The maximum Gasteiger partial charge on any atom is 0.226 e. The van der Waals surface area contributed by atoms with E-state index in [0.29, 0.717) is 18.0 Å². The fourth-order valence-corrected chi connectivity index (χ4v) is 3.68. The molecule has 128 valence electrons. The number of rotatable bonds is 5. The number of anilines is 1. The summed E-state index contributed by atoms with van der Waals surface area (Å²) in [5.74, 6) is -0.0475. The van der Waals surface area contributed by atoms with Gasteiger partial charge < -0.3 is 5.32 Å². The van der Waals surface area contributed by atoms with Gasteiger partial charge in [0.1, 0.15) is 5.01 Å². The van der Waals surface area contributed by atoms with E-state index in [-0.39, 0.29) is 5.91 Å². The Labute approximate surface area is 155 Å². The topological polar surface area (TPSA) is 54.9 Å². The fraction of sp³-hybridized carbons (Fsp3) is 0.0952. The van der Waals surface area contributed by atoms with Crippen LogP contribution in [0, 0.1) is 0 Å². The van der Waals surface area contributed by atoms with Crippen LogP contribution in [0.2, 0.25) is 0 Å². The van der Waals surface area contributed by atoms with E-state index in [9.17, 15) is 4.79 Å². The molecule has 1 amide bonds. The van der Waals surface area contributed by atoms with Gasteiger partial charge in [0, 0.05) is 12.0 Å². The average molecular weight is 359 g/mol. The third kappa shape index (κ3) is 3.63. The minimum absolute atomic E-state index is 0.0475. The molecule has 0 radical (unpaired) electrons. The van der Waals surface area contributed by atoms with Crippen LogP contribution in [0.5, 0.6) is 0 Å². The van der Waals surface area contributed by atoms with Gasteiger partial charge in [0.2, 0.25) is 11.0 Å². The zero-order chi connectivity index (χ0) is 17.8. The van der Waals surface area contributed by atoms with Crippen LogP contribution in [0.25, 0.3) is 21.3 Å². The van der Waals surface area contributed by atoms with Crippen LogP contribution in [0.4, 0.5) is 5.13 Å². The number of hydrogen-bond donors (Lipinski definition) is 1. The molecule has 26 heavy (non-hydrogen) atoms. The van der Waals surface area contributed by atoms with Crippen LogP contribution >= 0.6 is 11.3 Å². The number of amides is 1. The molecule has 0 aliphatic carbocycles. The first-order valence-corrected chi connectivity index (χ1v) is 9.27. The quantitative estimate of drug-likeness (QED) is 0.550. The summed E-state index contributed by atoms with van der Waals surface area (Å²) in [5.41, 5.74) is 2.18.